The second kappa shape index (κ2) is 4.85. The number of rotatable bonds is 2. The van der Waals surface area contributed by atoms with Crippen molar-refractivity contribution in [2.45, 2.75) is 6.54 Å². The summed E-state index contributed by atoms with van der Waals surface area (Å²) in [6.07, 6.45) is 1.37. The maximum absolute atomic E-state index is 13.1. The van der Waals surface area contributed by atoms with Gasteiger partial charge in [0.05, 0.1) is 23.8 Å². The molecular formula is C15H10F2N2O. The molecule has 0 aliphatic heterocycles. The lowest BCUT2D eigenvalue weighted by Crippen LogP contribution is -2.21. The van der Waals surface area contributed by atoms with Gasteiger partial charge in [0.25, 0.3) is 5.56 Å². The Kier molecular flexibility index (Phi) is 3.02. The van der Waals surface area contributed by atoms with E-state index in [0.717, 1.165) is 5.56 Å². The third-order valence-electron chi connectivity index (χ3n) is 3.05. The molecular weight excluding hydrogens is 262 g/mol. The zero-order valence-corrected chi connectivity index (χ0v) is 10.4. The largest absolute Gasteiger partial charge is 0.294 e. The fourth-order valence-corrected chi connectivity index (χ4v) is 2.03. The number of benzene rings is 2. The Bertz CT molecular complexity index is 825. The molecule has 0 N–H and O–H groups in total. The van der Waals surface area contributed by atoms with E-state index in [1.807, 2.05) is 0 Å². The summed E-state index contributed by atoms with van der Waals surface area (Å²) in [5.74, 6) is -0.756. The first-order valence-electron chi connectivity index (χ1n) is 6.02. The highest BCUT2D eigenvalue weighted by Crippen LogP contribution is 2.09. The highest BCUT2D eigenvalue weighted by molar-refractivity contribution is 5.77. The second-order valence-electron chi connectivity index (χ2n) is 4.47. The summed E-state index contributed by atoms with van der Waals surface area (Å²) in [6, 6.07) is 9.76. The molecule has 0 atom stereocenters. The SMILES string of the molecule is O=c1c2ccc(F)cc2ncn1Cc1ccc(F)cc1. The van der Waals surface area contributed by atoms with Gasteiger partial charge in [0.15, 0.2) is 0 Å². The second-order valence-corrected chi connectivity index (χ2v) is 4.47. The number of aromatic nitrogens is 2. The van der Waals surface area contributed by atoms with Crippen molar-refractivity contribution >= 4 is 10.9 Å². The molecule has 0 radical (unpaired) electrons. The Balaban J connectivity index is 2.04. The molecule has 3 aromatic rings. The van der Waals surface area contributed by atoms with Crippen molar-refractivity contribution in [1.29, 1.82) is 0 Å². The summed E-state index contributed by atoms with van der Waals surface area (Å²) in [7, 11) is 0. The molecule has 0 amide bonds. The maximum Gasteiger partial charge on any atom is 0.261 e. The Morgan fingerprint density at radius 1 is 1.00 bits per heavy atom. The van der Waals surface area contributed by atoms with E-state index in [4.69, 9.17) is 0 Å². The van der Waals surface area contributed by atoms with Crippen molar-refractivity contribution in [3.8, 4) is 0 Å². The number of hydrogen-bond donors (Lipinski definition) is 0. The highest BCUT2D eigenvalue weighted by atomic mass is 19.1. The monoisotopic (exact) mass is 272 g/mol. The number of hydrogen-bond acceptors (Lipinski definition) is 2. The van der Waals surface area contributed by atoms with Crippen molar-refractivity contribution < 1.29 is 8.78 Å². The molecule has 5 heteroatoms. The number of fused-ring (bicyclic) bond motifs is 1. The summed E-state index contributed by atoms with van der Waals surface area (Å²) in [4.78, 5) is 16.3. The molecule has 0 saturated heterocycles. The van der Waals surface area contributed by atoms with Crippen LogP contribution in [0, 0.1) is 11.6 Å². The molecule has 20 heavy (non-hydrogen) atoms. The molecule has 0 bridgehead atoms. The molecule has 0 fully saturated rings. The van der Waals surface area contributed by atoms with Crippen LogP contribution in [0.25, 0.3) is 10.9 Å². The Morgan fingerprint density at radius 3 is 2.45 bits per heavy atom. The smallest absolute Gasteiger partial charge is 0.261 e. The van der Waals surface area contributed by atoms with Gasteiger partial charge in [0.1, 0.15) is 11.6 Å². The predicted octanol–water partition coefficient (Wildman–Crippen LogP) is 2.72. The van der Waals surface area contributed by atoms with E-state index in [1.165, 1.54) is 41.2 Å². The van der Waals surface area contributed by atoms with E-state index in [9.17, 15) is 13.6 Å². The fraction of sp³-hybridized carbons (Fsp3) is 0.0667. The van der Waals surface area contributed by atoms with E-state index >= 15 is 0 Å². The Hall–Kier alpha value is -2.56. The first kappa shape index (κ1) is 12.5. The van der Waals surface area contributed by atoms with Gasteiger partial charge in [-0.1, -0.05) is 12.1 Å². The average molecular weight is 272 g/mol. The van der Waals surface area contributed by atoms with Crippen LogP contribution in [0.15, 0.2) is 53.6 Å². The molecule has 100 valence electrons. The van der Waals surface area contributed by atoms with Crippen LogP contribution in [-0.4, -0.2) is 9.55 Å². The maximum atomic E-state index is 13.1. The lowest BCUT2D eigenvalue weighted by atomic mass is 10.2. The van der Waals surface area contributed by atoms with Crippen LogP contribution in [0.2, 0.25) is 0 Å². The Labute approximate surface area is 113 Å². The van der Waals surface area contributed by atoms with Crippen LogP contribution in [0.1, 0.15) is 5.56 Å². The van der Waals surface area contributed by atoms with E-state index in [1.54, 1.807) is 12.1 Å². The van der Waals surface area contributed by atoms with Crippen molar-refractivity contribution in [2.24, 2.45) is 0 Å². The molecule has 2 aromatic carbocycles. The predicted molar refractivity (Wildman–Crippen MR) is 71.5 cm³/mol. The topological polar surface area (TPSA) is 34.9 Å². The van der Waals surface area contributed by atoms with Gasteiger partial charge in [-0.2, -0.15) is 0 Å². The third-order valence-corrected chi connectivity index (χ3v) is 3.05. The van der Waals surface area contributed by atoms with Crippen LogP contribution < -0.4 is 5.56 Å². The lowest BCUT2D eigenvalue weighted by molar-refractivity contribution is 0.626. The van der Waals surface area contributed by atoms with Crippen LogP contribution in [-0.2, 0) is 6.54 Å². The molecule has 0 saturated carbocycles. The van der Waals surface area contributed by atoms with Crippen molar-refractivity contribution in [1.82, 2.24) is 9.55 Å². The van der Waals surface area contributed by atoms with E-state index in [2.05, 4.69) is 4.98 Å². The molecule has 3 nitrogen and oxygen atoms in total. The van der Waals surface area contributed by atoms with Gasteiger partial charge >= 0.3 is 0 Å². The zero-order valence-electron chi connectivity index (χ0n) is 10.4. The van der Waals surface area contributed by atoms with Gasteiger partial charge in [0.2, 0.25) is 0 Å². The minimum atomic E-state index is -0.430. The van der Waals surface area contributed by atoms with Crippen molar-refractivity contribution in [3.63, 3.8) is 0 Å². The molecule has 0 spiro atoms. The summed E-state index contributed by atoms with van der Waals surface area (Å²) in [6.45, 7) is 0.291. The van der Waals surface area contributed by atoms with Gasteiger partial charge in [-0.05, 0) is 29.8 Å². The van der Waals surface area contributed by atoms with Gasteiger partial charge in [-0.25, -0.2) is 13.8 Å². The van der Waals surface area contributed by atoms with E-state index in [0.29, 0.717) is 17.4 Å². The number of halogens is 2. The molecule has 0 unspecified atom stereocenters. The highest BCUT2D eigenvalue weighted by Gasteiger charge is 2.05. The van der Waals surface area contributed by atoms with Crippen LogP contribution in [0.5, 0.6) is 0 Å². The summed E-state index contributed by atoms with van der Waals surface area (Å²) >= 11 is 0. The first-order chi connectivity index (χ1) is 9.63. The van der Waals surface area contributed by atoms with E-state index < -0.39 is 5.82 Å². The van der Waals surface area contributed by atoms with Gasteiger partial charge < -0.3 is 0 Å². The standard InChI is InChI=1S/C15H10F2N2O/c16-11-3-1-10(2-4-11)8-19-9-18-14-7-12(17)5-6-13(14)15(19)20/h1-7,9H,8H2. The van der Waals surface area contributed by atoms with Crippen molar-refractivity contribution in [3.05, 3.63) is 76.3 Å². The van der Waals surface area contributed by atoms with Gasteiger partial charge in [-0.15, -0.1) is 0 Å². The summed E-state index contributed by atoms with van der Waals surface area (Å²) < 4.78 is 27.3. The minimum absolute atomic E-state index is 0.251. The average Bonchev–Trinajstić information content (AvgIpc) is 2.44. The minimum Gasteiger partial charge on any atom is -0.294 e. The lowest BCUT2D eigenvalue weighted by Gasteiger charge is -2.06. The fourth-order valence-electron chi connectivity index (χ4n) is 2.03. The molecule has 1 heterocycles. The number of nitrogens with zero attached hydrogens (tertiary/aromatic N) is 2. The summed E-state index contributed by atoms with van der Waals surface area (Å²) in [5.41, 5.74) is 0.862. The van der Waals surface area contributed by atoms with Crippen LogP contribution in [0.4, 0.5) is 8.78 Å². The molecule has 0 aliphatic rings. The Morgan fingerprint density at radius 2 is 1.70 bits per heavy atom. The first-order valence-corrected chi connectivity index (χ1v) is 6.02. The molecule has 0 aliphatic carbocycles. The van der Waals surface area contributed by atoms with Gasteiger partial charge in [0, 0.05) is 6.07 Å². The van der Waals surface area contributed by atoms with Crippen molar-refractivity contribution in [2.75, 3.05) is 0 Å². The molecule has 1 aromatic heterocycles. The zero-order chi connectivity index (χ0) is 14.1. The van der Waals surface area contributed by atoms with Crippen LogP contribution in [0.3, 0.4) is 0 Å². The van der Waals surface area contributed by atoms with Gasteiger partial charge in [-0.3, -0.25) is 9.36 Å². The van der Waals surface area contributed by atoms with Crippen LogP contribution >= 0.6 is 0 Å². The normalized spacial score (nSPS) is 10.9. The quantitative estimate of drug-likeness (QED) is 0.719. The molecule has 3 rings (SSSR count). The van der Waals surface area contributed by atoms with E-state index in [-0.39, 0.29) is 11.4 Å². The summed E-state index contributed by atoms with van der Waals surface area (Å²) in [5, 5.41) is 0.357. The third kappa shape index (κ3) is 2.30.